The molecule has 1 N–H and O–H groups in total. The summed E-state index contributed by atoms with van der Waals surface area (Å²) >= 11 is 11.8. The van der Waals surface area contributed by atoms with Gasteiger partial charge in [0.15, 0.2) is 0 Å². The molecule has 0 saturated carbocycles. The first kappa shape index (κ1) is 23.4. The molecule has 0 bridgehead atoms. The topological polar surface area (TPSA) is 96.3 Å². The fraction of sp³-hybridized carbons (Fsp3) is 0.0435. The highest BCUT2D eigenvalue weighted by Gasteiger charge is 2.17. The van der Waals surface area contributed by atoms with Crippen LogP contribution in [0.4, 0.5) is 5.69 Å². The van der Waals surface area contributed by atoms with Crippen LogP contribution >= 0.6 is 23.2 Å². The second kappa shape index (κ2) is 9.88. The molecule has 0 aliphatic heterocycles. The van der Waals surface area contributed by atoms with Crippen LogP contribution in [0.15, 0.2) is 77.2 Å². The molecular weight excluding hydrogens is 471 g/mol. The van der Waals surface area contributed by atoms with Gasteiger partial charge in [0.2, 0.25) is 0 Å². The Morgan fingerprint density at radius 1 is 1.03 bits per heavy atom. The van der Waals surface area contributed by atoms with Gasteiger partial charge in [0, 0.05) is 5.69 Å². The maximum atomic E-state index is 12.5. The van der Waals surface area contributed by atoms with Crippen LogP contribution in [0.2, 0.25) is 10.0 Å². The number of hydrogen-bond acceptors (Lipinski definition) is 5. The molecule has 3 rings (SSSR count). The van der Waals surface area contributed by atoms with E-state index in [0.29, 0.717) is 16.3 Å². The van der Waals surface area contributed by atoms with Gasteiger partial charge >= 0.3 is 10.1 Å². The average molecular weight is 487 g/mol. The SMILES string of the molecule is Cc1ccc(S(=O)(=O)Oc2cccc(/C=C(/C#N)C(=O)Nc3ccc(Cl)c(Cl)c3)c2)cc1. The van der Waals surface area contributed by atoms with Crippen LogP contribution in [0.3, 0.4) is 0 Å². The van der Waals surface area contributed by atoms with E-state index in [1.807, 2.05) is 13.0 Å². The number of anilines is 1. The molecule has 0 fully saturated rings. The first-order valence-electron chi connectivity index (χ1n) is 9.17. The van der Waals surface area contributed by atoms with Gasteiger partial charge in [0.05, 0.1) is 10.0 Å². The molecule has 0 radical (unpaired) electrons. The van der Waals surface area contributed by atoms with E-state index in [4.69, 9.17) is 27.4 Å². The minimum Gasteiger partial charge on any atom is -0.379 e. The first-order valence-corrected chi connectivity index (χ1v) is 11.3. The summed E-state index contributed by atoms with van der Waals surface area (Å²) in [4.78, 5) is 12.5. The molecule has 1 amide bonds. The third-order valence-corrected chi connectivity index (χ3v) is 6.23. The van der Waals surface area contributed by atoms with E-state index < -0.39 is 16.0 Å². The highest BCUT2D eigenvalue weighted by Crippen LogP contribution is 2.26. The van der Waals surface area contributed by atoms with Gasteiger partial charge in [0.25, 0.3) is 5.91 Å². The Hall–Kier alpha value is -3.31. The zero-order valence-corrected chi connectivity index (χ0v) is 19.0. The summed E-state index contributed by atoms with van der Waals surface area (Å²) in [6, 6.07) is 18.6. The lowest BCUT2D eigenvalue weighted by molar-refractivity contribution is -0.112. The molecule has 0 unspecified atom stereocenters. The summed E-state index contributed by atoms with van der Waals surface area (Å²) in [6.07, 6.45) is 1.32. The zero-order valence-electron chi connectivity index (χ0n) is 16.7. The van der Waals surface area contributed by atoms with Gasteiger partial charge in [-0.2, -0.15) is 13.7 Å². The fourth-order valence-corrected chi connectivity index (χ4v) is 3.84. The molecule has 0 aromatic heterocycles. The van der Waals surface area contributed by atoms with Crippen LogP contribution in [-0.2, 0) is 14.9 Å². The summed E-state index contributed by atoms with van der Waals surface area (Å²) < 4.78 is 30.2. The number of benzene rings is 3. The Labute approximate surface area is 195 Å². The fourth-order valence-electron chi connectivity index (χ4n) is 2.62. The van der Waals surface area contributed by atoms with Gasteiger partial charge in [-0.3, -0.25) is 4.79 Å². The molecule has 9 heteroatoms. The number of nitriles is 1. The number of rotatable bonds is 6. The van der Waals surface area contributed by atoms with Crippen LogP contribution in [0.5, 0.6) is 5.75 Å². The zero-order chi connectivity index (χ0) is 23.3. The van der Waals surface area contributed by atoms with Gasteiger partial charge in [-0.25, -0.2) is 0 Å². The van der Waals surface area contributed by atoms with Crippen molar-refractivity contribution in [3.05, 3.63) is 93.5 Å². The van der Waals surface area contributed by atoms with Crippen molar-refractivity contribution in [2.75, 3.05) is 5.32 Å². The normalized spacial score (nSPS) is 11.5. The highest BCUT2D eigenvalue weighted by molar-refractivity contribution is 7.87. The number of hydrogen-bond donors (Lipinski definition) is 1. The third kappa shape index (κ3) is 5.89. The van der Waals surface area contributed by atoms with Crippen molar-refractivity contribution in [3.8, 4) is 11.8 Å². The van der Waals surface area contributed by atoms with Crippen molar-refractivity contribution in [3.63, 3.8) is 0 Å². The van der Waals surface area contributed by atoms with E-state index in [0.717, 1.165) is 5.56 Å². The smallest absolute Gasteiger partial charge is 0.339 e. The van der Waals surface area contributed by atoms with Gasteiger partial charge in [-0.15, -0.1) is 0 Å². The number of carbonyl (C=O) groups is 1. The molecule has 0 atom stereocenters. The Morgan fingerprint density at radius 2 is 1.75 bits per heavy atom. The Balaban J connectivity index is 1.80. The summed E-state index contributed by atoms with van der Waals surface area (Å²) in [5.41, 5.74) is 1.49. The van der Waals surface area contributed by atoms with Crippen LogP contribution in [0.1, 0.15) is 11.1 Å². The quantitative estimate of drug-likeness (QED) is 0.277. The van der Waals surface area contributed by atoms with Gasteiger partial charge in [0.1, 0.15) is 22.3 Å². The van der Waals surface area contributed by atoms with Crippen molar-refractivity contribution >= 4 is 51.0 Å². The number of halogens is 2. The summed E-state index contributed by atoms with van der Waals surface area (Å²) in [5.74, 6) is -0.619. The monoisotopic (exact) mass is 486 g/mol. The second-order valence-corrected chi connectivity index (χ2v) is 9.04. The molecule has 0 heterocycles. The number of nitrogens with one attached hydrogen (secondary N) is 1. The molecule has 0 saturated heterocycles. The van der Waals surface area contributed by atoms with E-state index in [1.54, 1.807) is 30.3 Å². The maximum absolute atomic E-state index is 12.5. The van der Waals surface area contributed by atoms with Crippen LogP contribution in [-0.4, -0.2) is 14.3 Å². The molecule has 0 aliphatic rings. The van der Waals surface area contributed by atoms with Crippen LogP contribution in [0.25, 0.3) is 6.08 Å². The summed E-state index contributed by atoms with van der Waals surface area (Å²) in [5, 5.41) is 12.6. The summed E-state index contributed by atoms with van der Waals surface area (Å²) in [7, 11) is -4.03. The van der Waals surface area contributed by atoms with Gasteiger partial charge in [-0.1, -0.05) is 53.0 Å². The van der Waals surface area contributed by atoms with E-state index >= 15 is 0 Å². The predicted octanol–water partition coefficient (Wildman–Crippen LogP) is 5.62. The van der Waals surface area contributed by atoms with Crippen LogP contribution < -0.4 is 9.50 Å². The molecule has 0 aliphatic carbocycles. The Morgan fingerprint density at radius 3 is 2.41 bits per heavy atom. The molecule has 3 aromatic rings. The van der Waals surface area contributed by atoms with E-state index in [-0.39, 0.29) is 21.2 Å². The van der Waals surface area contributed by atoms with Gasteiger partial charge in [-0.05, 0) is 61.0 Å². The lowest BCUT2D eigenvalue weighted by Crippen LogP contribution is -2.13. The Kier molecular flexibility index (Phi) is 7.21. The second-order valence-electron chi connectivity index (χ2n) is 6.68. The minimum atomic E-state index is -4.03. The minimum absolute atomic E-state index is 0.0164. The highest BCUT2D eigenvalue weighted by atomic mass is 35.5. The molecular formula is C23H16Cl2N2O4S. The standard InChI is InChI=1S/C23H16Cl2N2O4S/c1-15-5-8-20(9-6-15)32(29,30)31-19-4-2-3-16(12-19)11-17(14-26)23(28)27-18-7-10-21(24)22(25)13-18/h2-13H,1H3,(H,27,28)/b17-11-. The maximum Gasteiger partial charge on any atom is 0.339 e. The first-order chi connectivity index (χ1) is 15.2. The van der Waals surface area contributed by atoms with Gasteiger partial charge < -0.3 is 9.50 Å². The number of aryl methyl sites for hydroxylation is 1. The van der Waals surface area contributed by atoms with E-state index in [9.17, 15) is 18.5 Å². The molecule has 3 aromatic carbocycles. The molecule has 32 heavy (non-hydrogen) atoms. The lowest BCUT2D eigenvalue weighted by atomic mass is 10.1. The largest absolute Gasteiger partial charge is 0.379 e. The number of amides is 1. The van der Waals surface area contributed by atoms with E-state index in [1.165, 1.54) is 42.5 Å². The van der Waals surface area contributed by atoms with Crippen molar-refractivity contribution < 1.29 is 17.4 Å². The lowest BCUT2D eigenvalue weighted by Gasteiger charge is -2.08. The van der Waals surface area contributed by atoms with Crippen molar-refractivity contribution in [1.29, 1.82) is 5.26 Å². The average Bonchev–Trinajstić information content (AvgIpc) is 2.75. The Bertz CT molecular complexity index is 1350. The van der Waals surface area contributed by atoms with Crippen molar-refractivity contribution in [2.24, 2.45) is 0 Å². The van der Waals surface area contributed by atoms with Crippen molar-refractivity contribution in [2.45, 2.75) is 11.8 Å². The van der Waals surface area contributed by atoms with E-state index in [2.05, 4.69) is 5.32 Å². The summed E-state index contributed by atoms with van der Waals surface area (Å²) in [6.45, 7) is 1.84. The molecule has 6 nitrogen and oxygen atoms in total. The molecule has 162 valence electrons. The number of nitrogens with zero attached hydrogens (tertiary/aromatic N) is 1. The van der Waals surface area contributed by atoms with Crippen LogP contribution in [0, 0.1) is 18.3 Å². The predicted molar refractivity (Wildman–Crippen MR) is 124 cm³/mol. The van der Waals surface area contributed by atoms with Crippen molar-refractivity contribution in [1.82, 2.24) is 0 Å². The molecule has 0 spiro atoms. The number of carbonyl (C=O) groups excluding carboxylic acids is 1. The third-order valence-electron chi connectivity index (χ3n) is 4.23.